The van der Waals surface area contributed by atoms with Gasteiger partial charge in [0.25, 0.3) is 0 Å². The Morgan fingerprint density at radius 1 is 1.53 bits per heavy atom. The molecule has 0 bridgehead atoms. The molecule has 4 nitrogen and oxygen atoms in total. The van der Waals surface area contributed by atoms with Crippen molar-refractivity contribution in [2.75, 3.05) is 18.4 Å². The number of fused-ring (bicyclic) bond motifs is 1. The van der Waals surface area contributed by atoms with Gasteiger partial charge in [0.1, 0.15) is 5.82 Å². The highest BCUT2D eigenvalue weighted by molar-refractivity contribution is 5.66. The topological polar surface area (TPSA) is 52.6 Å². The fourth-order valence-electron chi connectivity index (χ4n) is 1.62. The number of hydrogen-bond donors (Lipinski definition) is 2. The van der Waals surface area contributed by atoms with Crippen LogP contribution in [0.5, 0.6) is 0 Å². The monoisotopic (exact) mass is 210 g/mol. The van der Waals surface area contributed by atoms with Gasteiger partial charge in [-0.3, -0.25) is 0 Å². The van der Waals surface area contributed by atoms with Gasteiger partial charge in [0.05, 0.1) is 6.54 Å². The Labute approximate surface area is 86.3 Å². The first-order valence-corrected chi connectivity index (χ1v) is 4.67. The van der Waals surface area contributed by atoms with E-state index in [1.54, 1.807) is 6.07 Å². The Morgan fingerprint density at radius 3 is 3.07 bits per heavy atom. The summed E-state index contributed by atoms with van der Waals surface area (Å²) in [5, 5.41) is 11.9. The number of anilines is 1. The van der Waals surface area contributed by atoms with Crippen LogP contribution in [0.2, 0.25) is 0 Å². The molecule has 5 heteroatoms. The molecule has 2 rings (SSSR count). The standard InChI is InChI=1S/C10H11FN2O2/c11-8-2-1-7-6-13(10(14)15)4-3-12-9(7)5-8/h1-2,5,12H,3-4,6H2,(H,14,15). The van der Waals surface area contributed by atoms with E-state index < -0.39 is 6.09 Å². The molecular formula is C10H11FN2O2. The lowest BCUT2D eigenvalue weighted by molar-refractivity contribution is 0.145. The van der Waals surface area contributed by atoms with Gasteiger partial charge in [-0.25, -0.2) is 9.18 Å². The van der Waals surface area contributed by atoms with Crippen LogP contribution in [0.4, 0.5) is 14.9 Å². The molecule has 80 valence electrons. The predicted octanol–water partition coefficient (Wildman–Crippen LogP) is 1.73. The summed E-state index contributed by atoms with van der Waals surface area (Å²) < 4.78 is 12.9. The highest BCUT2D eigenvalue weighted by Crippen LogP contribution is 2.21. The minimum Gasteiger partial charge on any atom is -0.465 e. The Bertz CT molecular complexity index is 395. The summed E-state index contributed by atoms with van der Waals surface area (Å²) in [4.78, 5) is 12.1. The second kappa shape index (κ2) is 3.76. The minimum atomic E-state index is -0.950. The van der Waals surface area contributed by atoms with Crippen molar-refractivity contribution in [3.63, 3.8) is 0 Å². The Hall–Kier alpha value is -1.78. The third-order valence-electron chi connectivity index (χ3n) is 2.40. The van der Waals surface area contributed by atoms with Crippen molar-refractivity contribution in [3.05, 3.63) is 29.6 Å². The average Bonchev–Trinajstić information content (AvgIpc) is 2.39. The van der Waals surface area contributed by atoms with E-state index in [9.17, 15) is 9.18 Å². The van der Waals surface area contributed by atoms with Crippen LogP contribution in [0, 0.1) is 5.82 Å². The van der Waals surface area contributed by atoms with Crippen molar-refractivity contribution < 1.29 is 14.3 Å². The number of hydrogen-bond acceptors (Lipinski definition) is 2. The summed E-state index contributed by atoms with van der Waals surface area (Å²) in [7, 11) is 0. The highest BCUT2D eigenvalue weighted by atomic mass is 19.1. The molecule has 0 fully saturated rings. The molecule has 1 heterocycles. The van der Waals surface area contributed by atoms with Crippen molar-refractivity contribution in [2.45, 2.75) is 6.54 Å². The quantitative estimate of drug-likeness (QED) is 0.685. The summed E-state index contributed by atoms with van der Waals surface area (Å²) in [6.07, 6.45) is -0.950. The third kappa shape index (κ3) is 2.01. The first-order chi connectivity index (χ1) is 7.16. The van der Waals surface area contributed by atoms with Gasteiger partial charge in [0, 0.05) is 18.8 Å². The summed E-state index contributed by atoms with van der Waals surface area (Å²) >= 11 is 0. The van der Waals surface area contributed by atoms with Crippen LogP contribution in [0.15, 0.2) is 18.2 Å². The van der Waals surface area contributed by atoms with Gasteiger partial charge in [0.15, 0.2) is 0 Å². The highest BCUT2D eigenvalue weighted by Gasteiger charge is 2.17. The maximum atomic E-state index is 12.9. The van der Waals surface area contributed by atoms with Crippen LogP contribution in [0.25, 0.3) is 0 Å². The largest absolute Gasteiger partial charge is 0.465 e. The van der Waals surface area contributed by atoms with Crippen molar-refractivity contribution in [1.29, 1.82) is 0 Å². The molecule has 1 aromatic carbocycles. The molecule has 1 amide bonds. The van der Waals surface area contributed by atoms with Gasteiger partial charge < -0.3 is 15.3 Å². The Kier molecular flexibility index (Phi) is 2.45. The van der Waals surface area contributed by atoms with Gasteiger partial charge in [-0.1, -0.05) is 6.07 Å². The molecule has 15 heavy (non-hydrogen) atoms. The Morgan fingerprint density at radius 2 is 2.33 bits per heavy atom. The molecular weight excluding hydrogens is 199 g/mol. The molecule has 0 aliphatic carbocycles. The van der Waals surface area contributed by atoms with Crippen LogP contribution >= 0.6 is 0 Å². The lowest BCUT2D eigenvalue weighted by atomic mass is 10.1. The zero-order valence-electron chi connectivity index (χ0n) is 8.03. The SMILES string of the molecule is O=C(O)N1CCNc2cc(F)ccc2C1. The summed E-state index contributed by atoms with van der Waals surface area (Å²) in [6, 6.07) is 4.34. The average molecular weight is 210 g/mol. The van der Waals surface area contributed by atoms with E-state index >= 15 is 0 Å². The zero-order chi connectivity index (χ0) is 10.8. The lowest BCUT2D eigenvalue weighted by Gasteiger charge is -2.15. The fraction of sp³-hybridized carbons (Fsp3) is 0.300. The third-order valence-corrected chi connectivity index (χ3v) is 2.40. The molecule has 1 aliphatic heterocycles. The predicted molar refractivity (Wildman–Crippen MR) is 53.3 cm³/mol. The number of carbonyl (C=O) groups is 1. The van der Waals surface area contributed by atoms with Crippen molar-refractivity contribution in [1.82, 2.24) is 4.90 Å². The number of amides is 1. The van der Waals surface area contributed by atoms with Gasteiger partial charge in [-0.05, 0) is 17.7 Å². The first-order valence-electron chi connectivity index (χ1n) is 4.67. The molecule has 0 saturated heterocycles. The van der Waals surface area contributed by atoms with Gasteiger partial charge >= 0.3 is 6.09 Å². The smallest absolute Gasteiger partial charge is 0.407 e. The second-order valence-corrected chi connectivity index (χ2v) is 3.43. The number of benzene rings is 1. The normalized spacial score (nSPS) is 15.1. The van der Waals surface area contributed by atoms with Gasteiger partial charge in [0.2, 0.25) is 0 Å². The number of nitrogens with one attached hydrogen (secondary N) is 1. The summed E-state index contributed by atoms with van der Waals surface area (Å²) in [6.45, 7) is 1.21. The van der Waals surface area contributed by atoms with Gasteiger partial charge in [-0.15, -0.1) is 0 Å². The lowest BCUT2D eigenvalue weighted by Crippen LogP contribution is -2.31. The molecule has 0 spiro atoms. The number of halogens is 1. The summed E-state index contributed by atoms with van der Waals surface area (Å²) in [5.41, 5.74) is 1.48. The maximum Gasteiger partial charge on any atom is 0.407 e. The number of rotatable bonds is 0. The Balaban J connectivity index is 2.29. The molecule has 2 N–H and O–H groups in total. The van der Waals surface area contributed by atoms with Crippen LogP contribution in [0.1, 0.15) is 5.56 Å². The molecule has 0 atom stereocenters. The van der Waals surface area contributed by atoms with E-state index in [-0.39, 0.29) is 5.82 Å². The van der Waals surface area contributed by atoms with Crippen LogP contribution in [-0.2, 0) is 6.54 Å². The zero-order valence-corrected chi connectivity index (χ0v) is 8.03. The maximum absolute atomic E-state index is 12.9. The number of nitrogens with zero attached hydrogens (tertiary/aromatic N) is 1. The first kappa shape index (κ1) is 9.76. The minimum absolute atomic E-state index is 0.304. The van der Waals surface area contributed by atoms with E-state index in [0.29, 0.717) is 25.3 Å². The fourth-order valence-corrected chi connectivity index (χ4v) is 1.62. The van der Waals surface area contributed by atoms with Crippen LogP contribution < -0.4 is 5.32 Å². The van der Waals surface area contributed by atoms with Crippen LogP contribution in [-0.4, -0.2) is 29.2 Å². The second-order valence-electron chi connectivity index (χ2n) is 3.43. The molecule has 1 aliphatic rings. The summed E-state index contributed by atoms with van der Waals surface area (Å²) in [5.74, 6) is -0.315. The van der Waals surface area contributed by atoms with Gasteiger partial charge in [-0.2, -0.15) is 0 Å². The molecule has 0 unspecified atom stereocenters. The molecule has 1 aromatic rings. The number of carboxylic acid groups (broad SMARTS) is 1. The van der Waals surface area contributed by atoms with Crippen molar-refractivity contribution >= 4 is 11.8 Å². The van der Waals surface area contributed by atoms with Crippen molar-refractivity contribution in [2.24, 2.45) is 0 Å². The van der Waals surface area contributed by atoms with Crippen LogP contribution in [0.3, 0.4) is 0 Å². The molecule has 0 saturated carbocycles. The molecule has 0 radical (unpaired) electrons. The van der Waals surface area contributed by atoms with E-state index in [0.717, 1.165) is 5.56 Å². The van der Waals surface area contributed by atoms with Crippen molar-refractivity contribution in [3.8, 4) is 0 Å². The van der Waals surface area contributed by atoms with E-state index in [1.807, 2.05) is 0 Å². The molecule has 0 aromatic heterocycles. The van der Waals surface area contributed by atoms with E-state index in [2.05, 4.69) is 5.32 Å². The van der Waals surface area contributed by atoms with E-state index in [1.165, 1.54) is 17.0 Å². The van der Waals surface area contributed by atoms with E-state index in [4.69, 9.17) is 5.11 Å².